The van der Waals surface area contributed by atoms with E-state index in [1.165, 1.54) is 5.56 Å². The molecule has 218 valence electrons. The first-order valence-electron chi connectivity index (χ1n) is 14.4. The highest BCUT2D eigenvalue weighted by Crippen LogP contribution is 2.27. The van der Waals surface area contributed by atoms with Crippen molar-refractivity contribution in [3.05, 3.63) is 78.0 Å². The second-order valence-electron chi connectivity index (χ2n) is 10.9. The molecular formula is C33H42N4O4. The largest absolute Gasteiger partial charge is 0.491 e. The van der Waals surface area contributed by atoms with Gasteiger partial charge in [0.1, 0.15) is 12.4 Å². The zero-order chi connectivity index (χ0) is 29.4. The second-order valence-corrected chi connectivity index (χ2v) is 10.9. The van der Waals surface area contributed by atoms with Crippen LogP contribution in [0.25, 0.3) is 11.3 Å². The van der Waals surface area contributed by atoms with Gasteiger partial charge in [-0.3, -0.25) is 19.5 Å². The number of anilines is 1. The van der Waals surface area contributed by atoms with Crippen molar-refractivity contribution in [2.45, 2.75) is 52.3 Å². The monoisotopic (exact) mass is 558 g/mol. The smallest absolute Gasteiger partial charge is 0.257 e. The quantitative estimate of drug-likeness (QED) is 0.413. The fraction of sp³-hybridized carbons (Fsp3) is 0.424. The van der Waals surface area contributed by atoms with Crippen LogP contribution in [0.15, 0.2) is 66.9 Å². The molecule has 0 bridgehead atoms. The Morgan fingerprint density at radius 3 is 2.56 bits per heavy atom. The van der Waals surface area contributed by atoms with Crippen LogP contribution in [0.4, 0.5) is 5.69 Å². The molecule has 4 rings (SSSR count). The van der Waals surface area contributed by atoms with Gasteiger partial charge in [0.15, 0.2) is 0 Å². The van der Waals surface area contributed by atoms with E-state index in [0.717, 1.165) is 30.8 Å². The summed E-state index contributed by atoms with van der Waals surface area (Å²) >= 11 is 0. The second kappa shape index (κ2) is 14.2. The molecule has 41 heavy (non-hydrogen) atoms. The Labute approximate surface area is 243 Å². The number of carbonyl (C=O) groups is 2. The lowest BCUT2D eigenvalue weighted by atomic mass is 10.0. The van der Waals surface area contributed by atoms with Gasteiger partial charge in [-0.05, 0) is 49.1 Å². The molecule has 1 N–H and O–H groups in total. The van der Waals surface area contributed by atoms with Crippen LogP contribution < -0.4 is 10.1 Å². The molecule has 0 spiro atoms. The number of aromatic nitrogens is 1. The van der Waals surface area contributed by atoms with Crippen LogP contribution in [0, 0.1) is 5.92 Å². The Morgan fingerprint density at radius 2 is 1.88 bits per heavy atom. The van der Waals surface area contributed by atoms with Crippen LogP contribution in [0.5, 0.6) is 5.75 Å². The number of hydrogen-bond acceptors (Lipinski definition) is 6. The third kappa shape index (κ3) is 7.93. The Hall–Kier alpha value is -3.75. The van der Waals surface area contributed by atoms with Gasteiger partial charge >= 0.3 is 0 Å². The van der Waals surface area contributed by atoms with Gasteiger partial charge in [0.05, 0.1) is 17.4 Å². The Bertz CT molecular complexity index is 1300. The average molecular weight is 559 g/mol. The van der Waals surface area contributed by atoms with E-state index < -0.39 is 0 Å². The first-order chi connectivity index (χ1) is 19.8. The maximum absolute atomic E-state index is 13.5. The third-order valence-corrected chi connectivity index (χ3v) is 7.64. The number of amides is 2. The molecule has 8 nitrogen and oxygen atoms in total. The summed E-state index contributed by atoms with van der Waals surface area (Å²) < 4.78 is 12.2. The molecule has 1 aliphatic heterocycles. The van der Waals surface area contributed by atoms with E-state index >= 15 is 0 Å². The van der Waals surface area contributed by atoms with E-state index in [1.807, 2.05) is 25.1 Å². The number of nitrogens with zero attached hydrogens (tertiary/aromatic N) is 3. The maximum atomic E-state index is 13.5. The summed E-state index contributed by atoms with van der Waals surface area (Å²) in [4.78, 5) is 34.2. The zero-order valence-electron chi connectivity index (χ0n) is 24.8. The average Bonchev–Trinajstić information content (AvgIpc) is 2.98. The highest BCUT2D eigenvalue weighted by molar-refractivity contribution is 5.98. The minimum absolute atomic E-state index is 0.0452. The molecule has 3 aromatic rings. The molecule has 2 aromatic carbocycles. The van der Waals surface area contributed by atoms with Crippen LogP contribution >= 0.6 is 0 Å². The molecule has 2 amide bonds. The van der Waals surface area contributed by atoms with Gasteiger partial charge in [0.2, 0.25) is 5.91 Å². The highest BCUT2D eigenvalue weighted by atomic mass is 16.5. The van der Waals surface area contributed by atoms with Crippen molar-refractivity contribution < 1.29 is 19.1 Å². The van der Waals surface area contributed by atoms with Crippen LogP contribution in [-0.4, -0.2) is 72.6 Å². The molecule has 2 heterocycles. The van der Waals surface area contributed by atoms with Crippen molar-refractivity contribution >= 4 is 17.5 Å². The number of methoxy groups -OCH3 is 1. The van der Waals surface area contributed by atoms with Gasteiger partial charge in [-0.2, -0.15) is 0 Å². The number of likely N-dealkylation sites (N-methyl/N-ethyl adjacent to an activating group) is 1. The topological polar surface area (TPSA) is 84.0 Å². The number of fused-ring (bicyclic) bond motifs is 1. The van der Waals surface area contributed by atoms with E-state index in [2.05, 4.69) is 53.3 Å². The molecule has 0 aliphatic carbocycles. The van der Waals surface area contributed by atoms with Crippen molar-refractivity contribution in [1.29, 1.82) is 0 Å². The van der Waals surface area contributed by atoms with Crippen molar-refractivity contribution in [2.75, 3.05) is 39.2 Å². The molecule has 0 unspecified atom stereocenters. The van der Waals surface area contributed by atoms with Gasteiger partial charge in [-0.25, -0.2) is 0 Å². The Balaban J connectivity index is 1.59. The normalized spacial score (nSPS) is 20.4. The number of hydrogen-bond donors (Lipinski definition) is 1. The van der Waals surface area contributed by atoms with Gasteiger partial charge in [0.25, 0.3) is 5.91 Å². The van der Waals surface area contributed by atoms with E-state index in [9.17, 15) is 9.59 Å². The predicted molar refractivity (Wildman–Crippen MR) is 162 cm³/mol. The summed E-state index contributed by atoms with van der Waals surface area (Å²) in [5.74, 6) is 0.430. The number of carbonyl (C=O) groups excluding carboxylic acids is 2. The summed E-state index contributed by atoms with van der Waals surface area (Å²) in [7, 11) is 3.49. The summed E-state index contributed by atoms with van der Waals surface area (Å²) in [5.41, 5.74) is 4.31. The molecule has 1 aliphatic rings. The van der Waals surface area contributed by atoms with E-state index in [-0.39, 0.29) is 29.9 Å². The number of pyridine rings is 1. The molecule has 8 heteroatoms. The lowest BCUT2D eigenvalue weighted by Gasteiger charge is -2.36. The van der Waals surface area contributed by atoms with Crippen LogP contribution in [0.1, 0.15) is 49.5 Å². The Kier molecular flexibility index (Phi) is 10.5. The summed E-state index contributed by atoms with van der Waals surface area (Å²) in [6, 6.07) is 19.7. The summed E-state index contributed by atoms with van der Waals surface area (Å²) in [6.45, 7) is 8.62. The van der Waals surface area contributed by atoms with Gasteiger partial charge in [-0.1, -0.05) is 44.2 Å². The Morgan fingerprint density at radius 1 is 1.10 bits per heavy atom. The number of ether oxygens (including phenoxy) is 2. The zero-order valence-corrected chi connectivity index (χ0v) is 24.8. The summed E-state index contributed by atoms with van der Waals surface area (Å²) in [5, 5.41) is 2.92. The number of benzene rings is 2. The minimum Gasteiger partial charge on any atom is -0.491 e. The molecule has 0 radical (unpaired) electrons. The predicted octanol–water partition coefficient (Wildman–Crippen LogP) is 5.49. The first kappa shape index (κ1) is 30.2. The summed E-state index contributed by atoms with van der Waals surface area (Å²) in [6.07, 6.45) is 2.86. The van der Waals surface area contributed by atoms with E-state index in [0.29, 0.717) is 36.6 Å². The molecule has 0 saturated carbocycles. The molecule has 0 fully saturated rings. The van der Waals surface area contributed by atoms with Crippen molar-refractivity contribution in [3.8, 4) is 17.0 Å². The van der Waals surface area contributed by atoms with E-state index in [1.54, 1.807) is 43.5 Å². The maximum Gasteiger partial charge on any atom is 0.257 e. The van der Waals surface area contributed by atoms with Crippen molar-refractivity contribution in [1.82, 2.24) is 14.8 Å². The molecular weight excluding hydrogens is 516 g/mol. The molecule has 0 saturated heterocycles. The lowest BCUT2D eigenvalue weighted by Crippen LogP contribution is -2.46. The minimum atomic E-state index is -0.140. The van der Waals surface area contributed by atoms with Gasteiger partial charge in [0, 0.05) is 69.8 Å². The van der Waals surface area contributed by atoms with Crippen LogP contribution in [0.2, 0.25) is 0 Å². The first-order valence-corrected chi connectivity index (χ1v) is 14.4. The number of rotatable bonds is 7. The van der Waals surface area contributed by atoms with E-state index in [4.69, 9.17) is 9.47 Å². The van der Waals surface area contributed by atoms with Gasteiger partial charge < -0.3 is 19.7 Å². The van der Waals surface area contributed by atoms with Gasteiger partial charge in [-0.15, -0.1) is 0 Å². The van der Waals surface area contributed by atoms with Crippen LogP contribution in [-0.2, 0) is 16.1 Å². The molecule has 3 atom stereocenters. The van der Waals surface area contributed by atoms with Crippen molar-refractivity contribution in [3.63, 3.8) is 0 Å². The lowest BCUT2D eigenvalue weighted by molar-refractivity contribution is -0.116. The molecule has 1 aromatic heterocycles. The third-order valence-electron chi connectivity index (χ3n) is 7.64. The van der Waals surface area contributed by atoms with Crippen LogP contribution in [0.3, 0.4) is 0 Å². The standard InChI is InChI=1S/C33H42N4O4/c1-6-9-32(38)35-27-15-16-28-30(18-27)41-22-24(3)37(19-23(2)31(40-5)21-36(4)33(28)39)20-25-11-13-26(14-12-25)29-10-7-8-17-34-29/h7-8,10-18,23-24,31H,6,9,19-22H2,1-5H3,(H,35,38)/t23-,24+,31+/m0/s1. The van der Waals surface area contributed by atoms with Crippen molar-refractivity contribution in [2.24, 2.45) is 5.92 Å². The highest BCUT2D eigenvalue weighted by Gasteiger charge is 2.28. The SMILES string of the molecule is CCCC(=O)Nc1ccc2c(c1)OC[C@@H](C)N(Cc1ccc(-c3ccccn3)cc1)C[C@H](C)[C@H](OC)CN(C)C2=O. The fourth-order valence-corrected chi connectivity index (χ4v) is 5.14. The fourth-order valence-electron chi connectivity index (χ4n) is 5.14. The number of nitrogens with one attached hydrogen (secondary N) is 1.